The molecular formula is C17H13NO5. The van der Waals surface area contributed by atoms with E-state index in [9.17, 15) is 9.59 Å². The number of hydrogen-bond acceptors (Lipinski definition) is 6. The minimum atomic E-state index is -0.701. The highest BCUT2D eigenvalue weighted by Gasteiger charge is 2.12. The van der Waals surface area contributed by atoms with Gasteiger partial charge < -0.3 is 13.9 Å². The Morgan fingerprint density at radius 2 is 2.13 bits per heavy atom. The predicted octanol–water partition coefficient (Wildman–Crippen LogP) is 2.97. The molecule has 1 heterocycles. The number of ether oxygens (including phenoxy) is 2. The Bertz CT molecular complexity index is 769. The summed E-state index contributed by atoms with van der Waals surface area (Å²) in [5, 5.41) is 9.01. The van der Waals surface area contributed by atoms with E-state index in [2.05, 4.69) is 0 Å². The maximum Gasteiger partial charge on any atom is 0.379 e. The van der Waals surface area contributed by atoms with Crippen molar-refractivity contribution < 1.29 is 23.5 Å². The molecule has 0 N–H and O–H groups in total. The monoisotopic (exact) mass is 311 g/mol. The van der Waals surface area contributed by atoms with Crippen LogP contribution in [0.15, 0.2) is 52.7 Å². The summed E-state index contributed by atoms with van der Waals surface area (Å²) in [5.74, 6) is -0.994. The van der Waals surface area contributed by atoms with E-state index in [1.54, 1.807) is 37.3 Å². The second kappa shape index (κ2) is 7.61. The standard InChI is InChI=1S/C17H13NO5/c1-2-21-16(19)13(11-18)9-12-5-3-6-14(10-12)23-17(20)15-7-4-8-22-15/h3-10H,2H2,1H3/b13-9-. The summed E-state index contributed by atoms with van der Waals surface area (Å²) in [7, 11) is 0. The number of rotatable bonds is 5. The van der Waals surface area contributed by atoms with Gasteiger partial charge in [0.15, 0.2) is 0 Å². The molecular weight excluding hydrogens is 298 g/mol. The number of carbonyl (C=O) groups excluding carboxylic acids is 2. The number of carbonyl (C=O) groups is 2. The minimum absolute atomic E-state index is 0.0789. The molecule has 0 aliphatic carbocycles. The van der Waals surface area contributed by atoms with Crippen molar-refractivity contribution in [3.05, 3.63) is 59.6 Å². The summed E-state index contributed by atoms with van der Waals surface area (Å²) in [6.45, 7) is 1.83. The lowest BCUT2D eigenvalue weighted by Crippen LogP contribution is -2.07. The third-order valence-corrected chi connectivity index (χ3v) is 2.72. The molecule has 0 bridgehead atoms. The van der Waals surface area contributed by atoms with Crippen molar-refractivity contribution in [3.8, 4) is 11.8 Å². The Morgan fingerprint density at radius 3 is 2.78 bits per heavy atom. The number of furan rings is 1. The molecule has 0 radical (unpaired) electrons. The van der Waals surface area contributed by atoms with Gasteiger partial charge in [-0.3, -0.25) is 0 Å². The van der Waals surface area contributed by atoms with Crippen LogP contribution in [0.25, 0.3) is 6.08 Å². The molecule has 0 atom stereocenters. The molecule has 1 aromatic heterocycles. The number of hydrogen-bond donors (Lipinski definition) is 0. The van der Waals surface area contributed by atoms with Crippen LogP contribution in [0.4, 0.5) is 0 Å². The summed E-state index contributed by atoms with van der Waals surface area (Å²) < 4.78 is 14.9. The summed E-state index contributed by atoms with van der Waals surface area (Å²) in [6, 6.07) is 11.3. The first-order valence-corrected chi connectivity index (χ1v) is 6.78. The SMILES string of the molecule is CCOC(=O)/C(C#N)=C\c1cccc(OC(=O)c2ccco2)c1. The van der Waals surface area contributed by atoms with Crippen molar-refractivity contribution in [1.82, 2.24) is 0 Å². The van der Waals surface area contributed by atoms with Crippen molar-refractivity contribution >= 4 is 18.0 Å². The normalized spacial score (nSPS) is 10.7. The van der Waals surface area contributed by atoms with Gasteiger partial charge in [-0.15, -0.1) is 0 Å². The summed E-state index contributed by atoms with van der Waals surface area (Å²) in [5.41, 5.74) is 0.390. The van der Waals surface area contributed by atoms with Crippen molar-refractivity contribution in [2.45, 2.75) is 6.92 Å². The highest BCUT2D eigenvalue weighted by molar-refractivity contribution is 5.98. The molecule has 0 unspecified atom stereocenters. The van der Waals surface area contributed by atoms with Gasteiger partial charge in [-0.1, -0.05) is 12.1 Å². The summed E-state index contributed by atoms with van der Waals surface area (Å²) >= 11 is 0. The molecule has 0 saturated carbocycles. The molecule has 0 saturated heterocycles. The summed E-state index contributed by atoms with van der Waals surface area (Å²) in [6.07, 6.45) is 2.73. The van der Waals surface area contributed by atoms with Crippen LogP contribution in [0.5, 0.6) is 5.75 Å². The molecule has 0 aliphatic heterocycles. The van der Waals surface area contributed by atoms with Gasteiger partial charge in [0.25, 0.3) is 0 Å². The first kappa shape index (κ1) is 16.0. The second-order valence-electron chi connectivity index (χ2n) is 4.33. The van der Waals surface area contributed by atoms with Gasteiger partial charge in [-0.2, -0.15) is 5.26 Å². The fraction of sp³-hybridized carbons (Fsp3) is 0.118. The van der Waals surface area contributed by atoms with E-state index in [1.165, 1.54) is 24.5 Å². The smallest absolute Gasteiger partial charge is 0.379 e. The average molecular weight is 311 g/mol. The van der Waals surface area contributed by atoms with E-state index in [-0.39, 0.29) is 23.7 Å². The highest BCUT2D eigenvalue weighted by Crippen LogP contribution is 2.18. The van der Waals surface area contributed by atoms with Crippen molar-refractivity contribution in [3.63, 3.8) is 0 Å². The Kier molecular flexibility index (Phi) is 5.31. The van der Waals surface area contributed by atoms with Gasteiger partial charge in [0.1, 0.15) is 17.4 Å². The molecule has 0 fully saturated rings. The van der Waals surface area contributed by atoms with Crippen molar-refractivity contribution in [1.29, 1.82) is 5.26 Å². The van der Waals surface area contributed by atoms with Crippen LogP contribution < -0.4 is 4.74 Å². The first-order chi connectivity index (χ1) is 11.1. The van der Waals surface area contributed by atoms with E-state index in [4.69, 9.17) is 19.2 Å². The maximum absolute atomic E-state index is 11.8. The van der Waals surface area contributed by atoms with E-state index in [1.807, 2.05) is 0 Å². The predicted molar refractivity (Wildman–Crippen MR) is 80.3 cm³/mol. The lowest BCUT2D eigenvalue weighted by Gasteiger charge is -2.04. The molecule has 23 heavy (non-hydrogen) atoms. The Labute approximate surface area is 132 Å². The van der Waals surface area contributed by atoms with Crippen LogP contribution >= 0.6 is 0 Å². The van der Waals surface area contributed by atoms with Crippen LogP contribution in [0.2, 0.25) is 0 Å². The van der Waals surface area contributed by atoms with Crippen LogP contribution in [0.1, 0.15) is 23.0 Å². The fourth-order valence-electron chi connectivity index (χ4n) is 1.73. The van der Waals surface area contributed by atoms with Crippen LogP contribution in [-0.2, 0) is 9.53 Å². The third kappa shape index (κ3) is 4.32. The molecule has 6 nitrogen and oxygen atoms in total. The van der Waals surface area contributed by atoms with Crippen molar-refractivity contribution in [2.75, 3.05) is 6.61 Å². The molecule has 6 heteroatoms. The van der Waals surface area contributed by atoms with Crippen LogP contribution in [0.3, 0.4) is 0 Å². The number of nitriles is 1. The van der Waals surface area contributed by atoms with Crippen LogP contribution in [-0.4, -0.2) is 18.5 Å². The molecule has 2 aromatic rings. The van der Waals surface area contributed by atoms with Gasteiger partial charge in [-0.25, -0.2) is 9.59 Å². The number of esters is 2. The Morgan fingerprint density at radius 1 is 1.30 bits per heavy atom. The maximum atomic E-state index is 11.8. The van der Waals surface area contributed by atoms with E-state index in [0.717, 1.165) is 0 Å². The molecule has 2 rings (SSSR count). The summed E-state index contributed by atoms with van der Waals surface area (Å²) in [4.78, 5) is 23.4. The van der Waals surface area contributed by atoms with E-state index < -0.39 is 11.9 Å². The van der Waals surface area contributed by atoms with Gasteiger partial charge in [-0.05, 0) is 42.8 Å². The van der Waals surface area contributed by atoms with Gasteiger partial charge in [0, 0.05) is 0 Å². The zero-order valence-electron chi connectivity index (χ0n) is 12.3. The van der Waals surface area contributed by atoms with Gasteiger partial charge in [0.2, 0.25) is 5.76 Å². The van der Waals surface area contributed by atoms with Gasteiger partial charge >= 0.3 is 11.9 Å². The lowest BCUT2D eigenvalue weighted by atomic mass is 10.1. The first-order valence-electron chi connectivity index (χ1n) is 6.78. The zero-order valence-corrected chi connectivity index (χ0v) is 12.3. The Hall–Kier alpha value is -3.33. The molecule has 1 aromatic carbocycles. The molecule has 0 amide bonds. The highest BCUT2D eigenvalue weighted by atomic mass is 16.5. The molecule has 116 valence electrons. The fourth-order valence-corrected chi connectivity index (χ4v) is 1.73. The lowest BCUT2D eigenvalue weighted by molar-refractivity contribution is -0.137. The average Bonchev–Trinajstić information content (AvgIpc) is 3.07. The molecule has 0 aliphatic rings. The second-order valence-corrected chi connectivity index (χ2v) is 4.33. The molecule has 0 spiro atoms. The third-order valence-electron chi connectivity index (χ3n) is 2.72. The zero-order chi connectivity index (χ0) is 16.7. The largest absolute Gasteiger partial charge is 0.462 e. The number of benzene rings is 1. The van der Waals surface area contributed by atoms with E-state index in [0.29, 0.717) is 5.56 Å². The Balaban J connectivity index is 2.18. The van der Waals surface area contributed by atoms with Crippen molar-refractivity contribution in [2.24, 2.45) is 0 Å². The number of nitrogens with zero attached hydrogens (tertiary/aromatic N) is 1. The van der Waals surface area contributed by atoms with Crippen LogP contribution in [0, 0.1) is 11.3 Å². The quantitative estimate of drug-likeness (QED) is 0.365. The topological polar surface area (TPSA) is 89.5 Å². The minimum Gasteiger partial charge on any atom is -0.462 e. The van der Waals surface area contributed by atoms with E-state index >= 15 is 0 Å². The van der Waals surface area contributed by atoms with Gasteiger partial charge in [0.05, 0.1) is 12.9 Å².